The summed E-state index contributed by atoms with van der Waals surface area (Å²) in [4.78, 5) is 17.0. The monoisotopic (exact) mass is 216 g/mol. The predicted molar refractivity (Wildman–Crippen MR) is 59.4 cm³/mol. The molecule has 0 unspecified atom stereocenters. The summed E-state index contributed by atoms with van der Waals surface area (Å²) in [6.07, 6.45) is 1.42. The molecule has 0 spiro atoms. The number of hydrogen-bond acceptors (Lipinski definition) is 4. The van der Waals surface area contributed by atoms with Gasteiger partial charge >= 0.3 is 5.97 Å². The van der Waals surface area contributed by atoms with Gasteiger partial charge in [-0.15, -0.1) is 0 Å². The minimum absolute atomic E-state index is 0.0782. The average Bonchev–Trinajstić information content (AvgIpc) is 2.15. The Morgan fingerprint density at radius 3 is 2.47 bits per heavy atom. The number of hydrogen-bond donors (Lipinski definition) is 2. The molecule has 0 aliphatic rings. The number of carbonyl (C=O) groups excluding carboxylic acids is 1. The highest BCUT2D eigenvalue weighted by atomic mass is 16.5. The third-order valence-electron chi connectivity index (χ3n) is 2.03. The van der Waals surface area contributed by atoms with Crippen molar-refractivity contribution in [2.24, 2.45) is 16.5 Å². The molecule has 0 radical (unpaired) electrons. The first-order chi connectivity index (χ1) is 6.99. The van der Waals surface area contributed by atoms with Gasteiger partial charge < -0.3 is 16.2 Å². The maximum absolute atomic E-state index is 11.3. The van der Waals surface area contributed by atoms with E-state index in [2.05, 4.69) is 9.73 Å². The molecule has 1 atom stereocenters. The van der Waals surface area contributed by atoms with Crippen molar-refractivity contribution < 1.29 is 9.53 Å². The lowest BCUT2D eigenvalue weighted by molar-refractivity contribution is -0.146. The maximum atomic E-state index is 11.3. The molecule has 0 amide bonds. The van der Waals surface area contributed by atoms with Crippen molar-refractivity contribution in [2.45, 2.75) is 18.9 Å². The molecule has 6 nitrogen and oxygen atoms in total. The van der Waals surface area contributed by atoms with Crippen LogP contribution in [0.4, 0.5) is 0 Å². The Hall–Kier alpha value is -1.30. The minimum Gasteiger partial charge on any atom is -0.468 e. The first kappa shape index (κ1) is 13.7. The van der Waals surface area contributed by atoms with Crippen molar-refractivity contribution in [2.75, 3.05) is 27.7 Å². The van der Waals surface area contributed by atoms with Crippen LogP contribution in [0.25, 0.3) is 0 Å². The van der Waals surface area contributed by atoms with E-state index < -0.39 is 0 Å². The molecule has 0 bridgehead atoms. The fraction of sp³-hybridized carbons (Fsp3) is 0.778. The highest BCUT2D eigenvalue weighted by Gasteiger charge is 2.20. The SMILES string of the molecule is COC(=O)[C@H](CCCN=C(N)N)N(C)C. The Balaban J connectivity index is 3.98. The van der Waals surface area contributed by atoms with Gasteiger partial charge in [0.25, 0.3) is 0 Å². The number of guanidine groups is 1. The van der Waals surface area contributed by atoms with E-state index in [4.69, 9.17) is 11.5 Å². The number of esters is 1. The van der Waals surface area contributed by atoms with Crippen molar-refractivity contribution in [3.05, 3.63) is 0 Å². The van der Waals surface area contributed by atoms with Crippen LogP contribution in [0.2, 0.25) is 0 Å². The third kappa shape index (κ3) is 5.90. The molecule has 6 heteroatoms. The molecule has 0 heterocycles. The fourth-order valence-corrected chi connectivity index (χ4v) is 1.22. The lowest BCUT2D eigenvalue weighted by Crippen LogP contribution is -2.36. The number of ether oxygens (including phenoxy) is 1. The summed E-state index contributed by atoms with van der Waals surface area (Å²) in [7, 11) is 5.05. The molecule has 0 aliphatic carbocycles. The van der Waals surface area contributed by atoms with Gasteiger partial charge in [-0.3, -0.25) is 14.7 Å². The molecule has 0 aromatic rings. The van der Waals surface area contributed by atoms with Crippen LogP contribution >= 0.6 is 0 Å². The largest absolute Gasteiger partial charge is 0.468 e. The van der Waals surface area contributed by atoms with Gasteiger partial charge in [-0.25, -0.2) is 0 Å². The lowest BCUT2D eigenvalue weighted by atomic mass is 10.1. The molecule has 0 saturated heterocycles. The van der Waals surface area contributed by atoms with Crippen LogP contribution in [0.5, 0.6) is 0 Å². The quantitative estimate of drug-likeness (QED) is 0.261. The van der Waals surface area contributed by atoms with Gasteiger partial charge in [-0.1, -0.05) is 0 Å². The molecular weight excluding hydrogens is 196 g/mol. The summed E-state index contributed by atoms with van der Waals surface area (Å²) in [6.45, 7) is 0.531. The number of nitrogens with zero attached hydrogens (tertiary/aromatic N) is 2. The Labute approximate surface area is 90.3 Å². The molecule has 0 aromatic carbocycles. The Bertz CT molecular complexity index is 224. The number of methoxy groups -OCH3 is 1. The highest BCUT2D eigenvalue weighted by molar-refractivity contribution is 5.76. The van der Waals surface area contributed by atoms with Crippen LogP contribution in [-0.2, 0) is 9.53 Å². The number of carbonyl (C=O) groups is 1. The molecule has 0 aliphatic heterocycles. The second-order valence-electron chi connectivity index (χ2n) is 3.45. The van der Waals surface area contributed by atoms with Crippen molar-refractivity contribution in [1.29, 1.82) is 0 Å². The van der Waals surface area contributed by atoms with E-state index in [1.807, 2.05) is 19.0 Å². The summed E-state index contributed by atoms with van der Waals surface area (Å²) >= 11 is 0. The van der Waals surface area contributed by atoms with Gasteiger partial charge in [0.05, 0.1) is 7.11 Å². The van der Waals surface area contributed by atoms with Gasteiger partial charge in [0, 0.05) is 6.54 Å². The van der Waals surface area contributed by atoms with Crippen molar-refractivity contribution in [3.63, 3.8) is 0 Å². The van der Waals surface area contributed by atoms with E-state index in [1.54, 1.807) is 0 Å². The van der Waals surface area contributed by atoms with Gasteiger partial charge in [0.15, 0.2) is 5.96 Å². The van der Waals surface area contributed by atoms with Crippen LogP contribution in [0.15, 0.2) is 4.99 Å². The first-order valence-electron chi connectivity index (χ1n) is 4.78. The van der Waals surface area contributed by atoms with Crippen LogP contribution in [-0.4, -0.2) is 50.6 Å². The molecule has 0 fully saturated rings. The normalized spacial score (nSPS) is 12.3. The highest BCUT2D eigenvalue weighted by Crippen LogP contribution is 2.05. The Kier molecular flexibility index (Phi) is 6.44. The Morgan fingerprint density at radius 1 is 1.47 bits per heavy atom. The van der Waals surface area contributed by atoms with Crippen molar-refractivity contribution >= 4 is 11.9 Å². The standard InChI is InChI=1S/C9H20N4O2/c1-13(2)7(8(14)15-3)5-4-6-12-9(10)11/h7H,4-6H2,1-3H3,(H4,10,11,12)/t7-/m0/s1. The maximum Gasteiger partial charge on any atom is 0.323 e. The average molecular weight is 216 g/mol. The molecular formula is C9H20N4O2. The predicted octanol–water partition coefficient (Wildman–Crippen LogP) is -0.857. The van der Waals surface area contributed by atoms with E-state index in [0.29, 0.717) is 13.0 Å². The van der Waals surface area contributed by atoms with Gasteiger partial charge in [0.2, 0.25) is 0 Å². The van der Waals surface area contributed by atoms with Crippen molar-refractivity contribution in [1.82, 2.24) is 4.90 Å². The molecule has 88 valence electrons. The van der Waals surface area contributed by atoms with Crippen LogP contribution in [0.1, 0.15) is 12.8 Å². The van der Waals surface area contributed by atoms with Gasteiger partial charge in [0.1, 0.15) is 6.04 Å². The van der Waals surface area contributed by atoms with Crippen LogP contribution < -0.4 is 11.5 Å². The second kappa shape index (κ2) is 7.05. The lowest BCUT2D eigenvalue weighted by Gasteiger charge is -2.21. The molecule has 15 heavy (non-hydrogen) atoms. The van der Waals surface area contributed by atoms with Gasteiger partial charge in [-0.05, 0) is 26.9 Å². The topological polar surface area (TPSA) is 93.9 Å². The zero-order chi connectivity index (χ0) is 11.8. The molecule has 0 saturated carbocycles. The minimum atomic E-state index is -0.232. The van der Waals surface area contributed by atoms with E-state index >= 15 is 0 Å². The number of rotatable bonds is 6. The smallest absolute Gasteiger partial charge is 0.323 e. The van der Waals surface area contributed by atoms with Gasteiger partial charge in [-0.2, -0.15) is 0 Å². The second-order valence-corrected chi connectivity index (χ2v) is 3.45. The van der Waals surface area contributed by atoms with E-state index in [1.165, 1.54) is 7.11 Å². The third-order valence-corrected chi connectivity index (χ3v) is 2.03. The number of aliphatic imine (C=N–C) groups is 1. The zero-order valence-corrected chi connectivity index (χ0v) is 9.56. The summed E-state index contributed by atoms with van der Waals surface area (Å²) in [5, 5.41) is 0. The fourth-order valence-electron chi connectivity index (χ4n) is 1.22. The summed E-state index contributed by atoms with van der Waals surface area (Å²) in [5.41, 5.74) is 10.4. The summed E-state index contributed by atoms with van der Waals surface area (Å²) in [5.74, 6) is -0.154. The van der Waals surface area contributed by atoms with E-state index in [0.717, 1.165) is 6.42 Å². The molecule has 0 aromatic heterocycles. The first-order valence-corrected chi connectivity index (χ1v) is 4.78. The summed E-state index contributed by atoms with van der Waals surface area (Å²) < 4.78 is 4.69. The van der Waals surface area contributed by atoms with Crippen LogP contribution in [0.3, 0.4) is 0 Å². The summed E-state index contributed by atoms with van der Waals surface area (Å²) in [6, 6.07) is -0.232. The molecule has 0 rings (SSSR count). The number of nitrogens with two attached hydrogens (primary N) is 2. The Morgan fingerprint density at radius 2 is 2.07 bits per heavy atom. The number of likely N-dealkylation sites (N-methyl/N-ethyl adjacent to an activating group) is 1. The van der Waals surface area contributed by atoms with Crippen LogP contribution in [0, 0.1) is 0 Å². The van der Waals surface area contributed by atoms with E-state index in [9.17, 15) is 4.79 Å². The molecule has 4 N–H and O–H groups in total. The zero-order valence-electron chi connectivity index (χ0n) is 9.56. The van der Waals surface area contributed by atoms with Crippen molar-refractivity contribution in [3.8, 4) is 0 Å². The van der Waals surface area contributed by atoms with E-state index in [-0.39, 0.29) is 18.0 Å².